The number of pyridine rings is 2. The Morgan fingerprint density at radius 2 is 1.97 bits per heavy atom. The summed E-state index contributed by atoms with van der Waals surface area (Å²) in [6.07, 6.45) is 8.81. The second kappa shape index (κ2) is 8.41. The average molecular weight is 417 g/mol. The van der Waals surface area contributed by atoms with Crippen molar-refractivity contribution >= 4 is 28.7 Å². The highest BCUT2D eigenvalue weighted by molar-refractivity contribution is 5.98. The lowest BCUT2D eigenvalue weighted by atomic mass is 10.1. The number of nitrogens with zero attached hydrogens (tertiary/aromatic N) is 5. The molecule has 7 heteroatoms. The van der Waals surface area contributed by atoms with Crippen molar-refractivity contribution in [2.24, 2.45) is 4.99 Å². The number of hydrogen-bond donors (Lipinski definition) is 0. The van der Waals surface area contributed by atoms with Crippen molar-refractivity contribution in [3.8, 4) is 0 Å². The minimum Gasteiger partial charge on any atom is -0.360 e. The zero-order valence-electron chi connectivity index (χ0n) is 17.2. The van der Waals surface area contributed by atoms with Gasteiger partial charge in [0, 0.05) is 67.7 Å². The Morgan fingerprint density at radius 3 is 2.77 bits per heavy atom. The van der Waals surface area contributed by atoms with Crippen molar-refractivity contribution in [1.82, 2.24) is 14.9 Å². The van der Waals surface area contributed by atoms with Gasteiger partial charge in [-0.1, -0.05) is 18.2 Å². The van der Waals surface area contributed by atoms with Crippen molar-refractivity contribution < 1.29 is 9.18 Å². The van der Waals surface area contributed by atoms with Gasteiger partial charge in [-0.15, -0.1) is 0 Å². The molecule has 2 fully saturated rings. The summed E-state index contributed by atoms with van der Waals surface area (Å²) in [5.74, 6) is -0.180. The van der Waals surface area contributed by atoms with Crippen LogP contribution in [-0.4, -0.2) is 58.7 Å². The molecule has 2 bridgehead atoms. The first-order valence-corrected chi connectivity index (χ1v) is 10.7. The van der Waals surface area contributed by atoms with E-state index in [1.807, 2.05) is 41.4 Å². The predicted octanol–water partition coefficient (Wildman–Crippen LogP) is 3.46. The molecule has 1 aromatic carbocycles. The first kappa shape index (κ1) is 19.6. The number of aliphatic imine (C=N–C) groups is 1. The third-order valence-electron chi connectivity index (χ3n) is 6.23. The van der Waals surface area contributed by atoms with E-state index in [1.54, 1.807) is 18.5 Å². The molecule has 0 saturated carbocycles. The van der Waals surface area contributed by atoms with E-state index in [0.717, 1.165) is 29.3 Å². The van der Waals surface area contributed by atoms with Crippen LogP contribution in [0, 0.1) is 5.82 Å². The maximum atomic E-state index is 14.2. The molecule has 6 nitrogen and oxygen atoms in total. The predicted molar refractivity (Wildman–Crippen MR) is 119 cm³/mol. The molecule has 0 spiro atoms. The molecule has 2 aliphatic heterocycles. The third-order valence-corrected chi connectivity index (χ3v) is 6.23. The molecule has 4 heterocycles. The van der Waals surface area contributed by atoms with Gasteiger partial charge in [0.2, 0.25) is 5.91 Å². The Balaban J connectivity index is 1.20. The van der Waals surface area contributed by atoms with Crippen LogP contribution >= 0.6 is 0 Å². The smallest absolute Gasteiger partial charge is 0.224 e. The van der Waals surface area contributed by atoms with Crippen LogP contribution in [0.5, 0.6) is 0 Å². The van der Waals surface area contributed by atoms with Crippen LogP contribution in [-0.2, 0) is 4.79 Å². The number of benzene rings is 1. The van der Waals surface area contributed by atoms with Crippen molar-refractivity contribution in [2.45, 2.75) is 31.3 Å². The number of aromatic nitrogens is 2. The van der Waals surface area contributed by atoms with Gasteiger partial charge in [0.05, 0.1) is 17.4 Å². The van der Waals surface area contributed by atoms with Crippen LogP contribution in [0.1, 0.15) is 24.8 Å². The van der Waals surface area contributed by atoms with E-state index < -0.39 is 0 Å². The molecule has 0 radical (unpaired) electrons. The van der Waals surface area contributed by atoms with E-state index in [-0.39, 0.29) is 23.8 Å². The van der Waals surface area contributed by atoms with Crippen LogP contribution < -0.4 is 4.90 Å². The van der Waals surface area contributed by atoms with E-state index in [9.17, 15) is 9.18 Å². The minimum atomic E-state index is -0.294. The van der Waals surface area contributed by atoms with E-state index in [4.69, 9.17) is 0 Å². The van der Waals surface area contributed by atoms with Gasteiger partial charge < -0.3 is 9.80 Å². The SMILES string of the molecule is O=C(CC/N=C/c1cccc2ncccc12)N1C[C@H]2CC[C@@H](C1)N2c1ccncc1F. The van der Waals surface area contributed by atoms with Gasteiger partial charge in [-0.3, -0.25) is 19.8 Å². The molecule has 0 unspecified atom stereocenters. The summed E-state index contributed by atoms with van der Waals surface area (Å²) in [5.41, 5.74) is 2.54. The molecule has 3 aromatic rings. The maximum absolute atomic E-state index is 14.2. The highest BCUT2D eigenvalue weighted by Crippen LogP contribution is 2.36. The molecule has 158 valence electrons. The topological polar surface area (TPSA) is 61.7 Å². The highest BCUT2D eigenvalue weighted by Gasteiger charge is 2.42. The maximum Gasteiger partial charge on any atom is 0.224 e. The van der Waals surface area contributed by atoms with Gasteiger partial charge >= 0.3 is 0 Å². The van der Waals surface area contributed by atoms with E-state index in [0.29, 0.717) is 31.7 Å². The van der Waals surface area contributed by atoms with Crippen molar-refractivity contribution in [3.05, 3.63) is 66.4 Å². The summed E-state index contributed by atoms with van der Waals surface area (Å²) in [6.45, 7) is 1.72. The molecular weight excluding hydrogens is 393 g/mol. The summed E-state index contributed by atoms with van der Waals surface area (Å²) in [5, 5.41) is 1.05. The molecule has 0 N–H and O–H groups in total. The number of amides is 1. The fraction of sp³-hybridized carbons (Fsp3) is 0.333. The largest absolute Gasteiger partial charge is 0.360 e. The molecule has 0 aliphatic carbocycles. The summed E-state index contributed by atoms with van der Waals surface area (Å²) in [7, 11) is 0. The van der Waals surface area contributed by atoms with Crippen LogP contribution in [0.4, 0.5) is 10.1 Å². The van der Waals surface area contributed by atoms with Gasteiger partial charge in [0.25, 0.3) is 0 Å². The summed E-state index contributed by atoms with van der Waals surface area (Å²) in [4.78, 5) is 29.6. The molecule has 1 amide bonds. The Hall–Kier alpha value is -3.35. The summed E-state index contributed by atoms with van der Waals surface area (Å²) in [6, 6.07) is 11.9. The number of likely N-dealkylation sites (tertiary alicyclic amines) is 1. The number of anilines is 1. The first-order chi connectivity index (χ1) is 15.2. The molecular formula is C24H24FN5O. The fourth-order valence-electron chi connectivity index (χ4n) is 4.80. The number of fused-ring (bicyclic) bond motifs is 3. The zero-order chi connectivity index (χ0) is 21.2. The van der Waals surface area contributed by atoms with Crippen LogP contribution in [0.2, 0.25) is 0 Å². The summed E-state index contributed by atoms with van der Waals surface area (Å²) < 4.78 is 14.2. The third kappa shape index (κ3) is 3.87. The Labute approximate surface area is 180 Å². The highest BCUT2D eigenvalue weighted by atomic mass is 19.1. The Bertz CT molecular complexity index is 1110. The van der Waals surface area contributed by atoms with E-state index in [2.05, 4.69) is 19.9 Å². The second-order valence-corrected chi connectivity index (χ2v) is 8.12. The van der Waals surface area contributed by atoms with Crippen molar-refractivity contribution in [1.29, 1.82) is 0 Å². The number of rotatable bonds is 5. The number of carbonyl (C=O) groups is 1. The van der Waals surface area contributed by atoms with Gasteiger partial charge in [-0.25, -0.2) is 4.39 Å². The van der Waals surface area contributed by atoms with Gasteiger partial charge in [0.1, 0.15) is 0 Å². The van der Waals surface area contributed by atoms with Crippen LogP contribution in [0.3, 0.4) is 0 Å². The summed E-state index contributed by atoms with van der Waals surface area (Å²) >= 11 is 0. The number of hydrogen-bond acceptors (Lipinski definition) is 5. The lowest BCUT2D eigenvalue weighted by molar-refractivity contribution is -0.131. The van der Waals surface area contributed by atoms with Crippen molar-refractivity contribution in [3.63, 3.8) is 0 Å². The van der Waals surface area contributed by atoms with Crippen LogP contribution in [0.15, 0.2) is 60.0 Å². The first-order valence-electron chi connectivity index (χ1n) is 10.7. The van der Waals surface area contributed by atoms with Gasteiger partial charge in [0.15, 0.2) is 5.82 Å². The molecule has 2 aromatic heterocycles. The lowest BCUT2D eigenvalue weighted by Gasteiger charge is -2.42. The standard InChI is InChI=1S/C24H24FN5O/c25-21-14-27-11-8-23(21)30-18-6-7-19(30)16-29(15-18)24(31)9-12-26-13-17-3-1-5-22-20(17)4-2-10-28-22/h1-5,8,10-11,13-14,18-19H,6-7,9,12,15-16H2/b26-13+/t18-,19+. The van der Waals surface area contributed by atoms with E-state index in [1.165, 1.54) is 6.20 Å². The Morgan fingerprint density at radius 1 is 1.13 bits per heavy atom. The zero-order valence-corrected chi connectivity index (χ0v) is 17.2. The van der Waals surface area contributed by atoms with E-state index >= 15 is 0 Å². The van der Waals surface area contributed by atoms with Crippen LogP contribution in [0.25, 0.3) is 10.9 Å². The van der Waals surface area contributed by atoms with Crippen molar-refractivity contribution in [2.75, 3.05) is 24.5 Å². The fourth-order valence-corrected chi connectivity index (χ4v) is 4.80. The number of carbonyl (C=O) groups excluding carboxylic acids is 1. The molecule has 2 atom stereocenters. The molecule has 31 heavy (non-hydrogen) atoms. The molecule has 5 rings (SSSR count). The average Bonchev–Trinajstić information content (AvgIpc) is 3.05. The monoisotopic (exact) mass is 417 g/mol. The normalized spacial score (nSPS) is 20.7. The quantitative estimate of drug-likeness (QED) is 0.597. The Kier molecular flexibility index (Phi) is 5.32. The number of piperazine rings is 1. The van der Waals surface area contributed by atoms with Gasteiger partial charge in [-0.2, -0.15) is 0 Å². The second-order valence-electron chi connectivity index (χ2n) is 8.12. The molecule has 2 saturated heterocycles. The molecule has 2 aliphatic rings. The minimum absolute atomic E-state index is 0.114. The lowest BCUT2D eigenvalue weighted by Crippen LogP contribution is -2.55. The number of halogens is 1. The van der Waals surface area contributed by atoms with Gasteiger partial charge in [-0.05, 0) is 31.0 Å².